The SMILES string of the molecule is CCC(C)CCCC(CC)CC(C)CC. The molecule has 0 aromatic rings. The molecule has 0 rings (SSSR count). The molecule has 0 aromatic heterocycles. The lowest BCUT2D eigenvalue weighted by molar-refractivity contribution is 0.333. The van der Waals surface area contributed by atoms with Gasteiger partial charge in [-0.1, -0.05) is 73.1 Å². The van der Waals surface area contributed by atoms with Crippen molar-refractivity contribution < 1.29 is 0 Å². The average Bonchev–Trinajstić information content (AvgIpc) is 2.26. The number of rotatable bonds is 9. The third kappa shape index (κ3) is 7.88. The molecule has 0 aliphatic carbocycles. The summed E-state index contributed by atoms with van der Waals surface area (Å²) in [5.41, 5.74) is 0. The predicted octanol–water partition coefficient (Wildman–Crippen LogP) is 5.67. The molecule has 0 aliphatic heterocycles. The van der Waals surface area contributed by atoms with E-state index in [2.05, 4.69) is 34.6 Å². The van der Waals surface area contributed by atoms with E-state index in [0.29, 0.717) is 0 Å². The molecule has 3 atom stereocenters. The van der Waals surface area contributed by atoms with Crippen LogP contribution in [0.3, 0.4) is 0 Å². The van der Waals surface area contributed by atoms with Crippen LogP contribution in [0.25, 0.3) is 0 Å². The fraction of sp³-hybridized carbons (Fsp3) is 1.00. The Balaban J connectivity index is 3.61. The van der Waals surface area contributed by atoms with Crippen LogP contribution in [0.5, 0.6) is 0 Å². The van der Waals surface area contributed by atoms with E-state index in [1.54, 1.807) is 0 Å². The molecule has 0 heteroatoms. The summed E-state index contributed by atoms with van der Waals surface area (Å²) in [6, 6.07) is 0. The Kier molecular flexibility index (Phi) is 9.24. The lowest BCUT2D eigenvalue weighted by Crippen LogP contribution is -2.06. The van der Waals surface area contributed by atoms with Gasteiger partial charge < -0.3 is 0 Å². The lowest BCUT2D eigenvalue weighted by Gasteiger charge is -2.19. The third-order valence-corrected chi connectivity index (χ3v) is 4.02. The Morgan fingerprint density at radius 1 is 0.733 bits per heavy atom. The van der Waals surface area contributed by atoms with Crippen LogP contribution in [0.15, 0.2) is 0 Å². The van der Waals surface area contributed by atoms with Gasteiger partial charge in [-0.2, -0.15) is 0 Å². The Hall–Kier alpha value is 0. The molecule has 0 N–H and O–H groups in total. The van der Waals surface area contributed by atoms with Gasteiger partial charge in [0, 0.05) is 0 Å². The zero-order valence-corrected chi connectivity index (χ0v) is 11.7. The third-order valence-electron chi connectivity index (χ3n) is 4.02. The minimum absolute atomic E-state index is 0.929. The molecular weight excluding hydrogens is 180 g/mol. The fourth-order valence-corrected chi connectivity index (χ4v) is 2.18. The van der Waals surface area contributed by atoms with Crippen molar-refractivity contribution in [3.63, 3.8) is 0 Å². The van der Waals surface area contributed by atoms with E-state index in [4.69, 9.17) is 0 Å². The molecule has 15 heavy (non-hydrogen) atoms. The van der Waals surface area contributed by atoms with Gasteiger partial charge in [0.1, 0.15) is 0 Å². The van der Waals surface area contributed by atoms with Crippen molar-refractivity contribution >= 4 is 0 Å². The summed E-state index contributed by atoms with van der Waals surface area (Å²) in [6.45, 7) is 11.8. The Bertz CT molecular complexity index is 128. The summed E-state index contributed by atoms with van der Waals surface area (Å²) in [6.07, 6.45) is 9.88. The minimum Gasteiger partial charge on any atom is -0.0651 e. The fourth-order valence-electron chi connectivity index (χ4n) is 2.18. The maximum absolute atomic E-state index is 2.40. The highest BCUT2D eigenvalue weighted by atomic mass is 14.2. The van der Waals surface area contributed by atoms with E-state index in [0.717, 1.165) is 17.8 Å². The molecular formula is C15H32. The van der Waals surface area contributed by atoms with Gasteiger partial charge in [0.15, 0.2) is 0 Å². The van der Waals surface area contributed by atoms with Crippen molar-refractivity contribution in [1.82, 2.24) is 0 Å². The van der Waals surface area contributed by atoms with E-state index >= 15 is 0 Å². The Morgan fingerprint density at radius 2 is 1.33 bits per heavy atom. The molecule has 0 fully saturated rings. The van der Waals surface area contributed by atoms with Crippen molar-refractivity contribution in [3.05, 3.63) is 0 Å². The maximum Gasteiger partial charge on any atom is -0.0414 e. The molecule has 92 valence electrons. The summed E-state index contributed by atoms with van der Waals surface area (Å²) in [5.74, 6) is 2.86. The molecule has 0 spiro atoms. The molecule has 0 aliphatic rings. The monoisotopic (exact) mass is 212 g/mol. The zero-order valence-electron chi connectivity index (χ0n) is 11.7. The summed E-state index contributed by atoms with van der Waals surface area (Å²) >= 11 is 0. The normalized spacial score (nSPS) is 17.4. The van der Waals surface area contributed by atoms with Crippen molar-refractivity contribution in [2.75, 3.05) is 0 Å². The number of hydrogen-bond acceptors (Lipinski definition) is 0. The van der Waals surface area contributed by atoms with E-state index in [1.165, 1.54) is 44.9 Å². The van der Waals surface area contributed by atoms with Gasteiger partial charge in [-0.3, -0.25) is 0 Å². The van der Waals surface area contributed by atoms with E-state index in [9.17, 15) is 0 Å². The Labute approximate surface area is 97.8 Å². The second kappa shape index (κ2) is 9.24. The topological polar surface area (TPSA) is 0 Å². The molecule has 3 unspecified atom stereocenters. The van der Waals surface area contributed by atoms with Crippen LogP contribution in [-0.2, 0) is 0 Å². The molecule has 0 radical (unpaired) electrons. The van der Waals surface area contributed by atoms with Gasteiger partial charge in [0.2, 0.25) is 0 Å². The first kappa shape index (κ1) is 15.0. The minimum atomic E-state index is 0.929. The van der Waals surface area contributed by atoms with Crippen LogP contribution < -0.4 is 0 Å². The first-order chi connectivity index (χ1) is 7.13. The average molecular weight is 212 g/mol. The first-order valence-corrected chi connectivity index (χ1v) is 7.13. The molecule has 0 bridgehead atoms. The van der Waals surface area contributed by atoms with Crippen molar-refractivity contribution in [2.45, 2.75) is 79.6 Å². The molecule has 0 saturated carbocycles. The second-order valence-corrected chi connectivity index (χ2v) is 5.47. The van der Waals surface area contributed by atoms with E-state index in [-0.39, 0.29) is 0 Å². The molecule has 0 amide bonds. The standard InChI is InChI=1S/C15H32/c1-6-13(4)10-9-11-15(8-3)12-14(5)7-2/h13-15H,6-12H2,1-5H3. The van der Waals surface area contributed by atoms with Gasteiger partial charge in [0.05, 0.1) is 0 Å². The smallest absolute Gasteiger partial charge is 0.0414 e. The van der Waals surface area contributed by atoms with Crippen molar-refractivity contribution in [1.29, 1.82) is 0 Å². The van der Waals surface area contributed by atoms with Crippen molar-refractivity contribution in [2.24, 2.45) is 17.8 Å². The zero-order chi connectivity index (χ0) is 11.7. The van der Waals surface area contributed by atoms with Gasteiger partial charge in [-0.05, 0) is 24.2 Å². The molecule has 0 aromatic carbocycles. The van der Waals surface area contributed by atoms with E-state index < -0.39 is 0 Å². The van der Waals surface area contributed by atoms with E-state index in [1.807, 2.05) is 0 Å². The Morgan fingerprint density at radius 3 is 1.80 bits per heavy atom. The van der Waals surface area contributed by atoms with Crippen LogP contribution in [-0.4, -0.2) is 0 Å². The highest BCUT2D eigenvalue weighted by molar-refractivity contribution is 4.63. The summed E-state index contributed by atoms with van der Waals surface area (Å²) in [5, 5.41) is 0. The van der Waals surface area contributed by atoms with Crippen LogP contribution in [0.2, 0.25) is 0 Å². The molecule has 0 heterocycles. The van der Waals surface area contributed by atoms with Crippen LogP contribution in [0.4, 0.5) is 0 Å². The quantitative estimate of drug-likeness (QED) is 0.462. The van der Waals surface area contributed by atoms with Crippen molar-refractivity contribution in [3.8, 4) is 0 Å². The number of hydrogen-bond donors (Lipinski definition) is 0. The largest absolute Gasteiger partial charge is 0.0651 e. The summed E-state index contributed by atoms with van der Waals surface area (Å²) in [7, 11) is 0. The van der Waals surface area contributed by atoms with Gasteiger partial charge in [-0.15, -0.1) is 0 Å². The highest BCUT2D eigenvalue weighted by Crippen LogP contribution is 2.24. The summed E-state index contributed by atoms with van der Waals surface area (Å²) in [4.78, 5) is 0. The van der Waals surface area contributed by atoms with Gasteiger partial charge in [-0.25, -0.2) is 0 Å². The maximum atomic E-state index is 2.40. The lowest BCUT2D eigenvalue weighted by atomic mass is 9.87. The first-order valence-electron chi connectivity index (χ1n) is 7.13. The predicted molar refractivity (Wildman–Crippen MR) is 71.2 cm³/mol. The second-order valence-electron chi connectivity index (χ2n) is 5.47. The molecule has 0 nitrogen and oxygen atoms in total. The van der Waals surface area contributed by atoms with Gasteiger partial charge >= 0.3 is 0 Å². The van der Waals surface area contributed by atoms with Crippen LogP contribution in [0, 0.1) is 17.8 Å². The van der Waals surface area contributed by atoms with Crippen LogP contribution >= 0.6 is 0 Å². The molecule has 0 saturated heterocycles. The van der Waals surface area contributed by atoms with Gasteiger partial charge in [0.25, 0.3) is 0 Å². The summed E-state index contributed by atoms with van der Waals surface area (Å²) < 4.78 is 0. The highest BCUT2D eigenvalue weighted by Gasteiger charge is 2.10. The van der Waals surface area contributed by atoms with Crippen LogP contribution in [0.1, 0.15) is 79.6 Å².